The molecule has 7 fully saturated rings. The number of nitrogens with zero attached hydrogens (tertiary/aromatic N) is 6. The second-order valence-corrected chi connectivity index (χ2v) is 33.0. The molecule has 8 atom stereocenters. The molecule has 103 heavy (non-hydrogen) atoms. The summed E-state index contributed by atoms with van der Waals surface area (Å²) in [7, 11) is -8.82. The van der Waals surface area contributed by atoms with Gasteiger partial charge in [0.15, 0.2) is 0 Å². The molecule has 8 heterocycles. The zero-order valence-corrected chi connectivity index (χ0v) is 61.3. The van der Waals surface area contributed by atoms with E-state index in [4.69, 9.17) is 15.0 Å². The molecule has 40 heteroatoms. The standard InChI is InChI=1S/C63H102N18O18S4/c82-48(13-7-5-11-46-54-44(37-100-46)72-62(92)74-54)64-23-9-1-3-15-50(84)70-42(35-52(86)66-25-33-102(94,95)96)56(88)68-40-19-29-80(30-20-40)60-76-59(79-27-17-39(18-28-79)58(90)91)77-61(78-60)81-31-21-41(22-32-81)69-57(89)43(36-53(87)67-26-34-103(97,98)99)71-51(85)16-4-2-10-24-65-49(83)14-8-6-12-47-55-45(38-101-47)73-63(93)75-55/h39-47,54-55H,1-38H2,(H,64,82)(H,65,83)(H,66,86)(H,67,87)(H,68,88)(H,69,89)(H,70,84)(H,71,85)(H,90,91)(H2,72,74,92)(H2,73,75,93)(H,94,95,96)(H,97,98,99)/t42?,43?,44-,45+,46-,47?,54-,55+/m1/s1. The second-order valence-electron chi connectivity index (χ2n) is 27.4. The number of carboxylic acid groups (broad SMARTS) is 1. The first kappa shape index (κ1) is 81.4. The molecule has 7 aliphatic rings. The fourth-order valence-corrected chi connectivity index (χ4v) is 17.4. The van der Waals surface area contributed by atoms with Crippen molar-refractivity contribution in [2.45, 2.75) is 213 Å². The third kappa shape index (κ3) is 27.9. The summed E-state index contributed by atoms with van der Waals surface area (Å²) in [6.07, 6.45) is 10.0. The van der Waals surface area contributed by atoms with Crippen LogP contribution in [0.3, 0.4) is 0 Å². The third-order valence-electron chi connectivity index (χ3n) is 19.4. The van der Waals surface area contributed by atoms with Crippen LogP contribution in [0.4, 0.5) is 27.4 Å². The Morgan fingerprint density at radius 2 is 0.806 bits per heavy atom. The molecular formula is C63H102N18O18S4. The van der Waals surface area contributed by atoms with E-state index in [-0.39, 0.29) is 60.9 Å². The number of carbonyl (C=O) groups is 11. The smallest absolute Gasteiger partial charge is 0.315 e. The molecular weight excluding hydrogens is 1430 g/mol. The Labute approximate surface area is 608 Å². The van der Waals surface area contributed by atoms with E-state index in [1.807, 2.05) is 38.2 Å². The van der Waals surface area contributed by atoms with E-state index in [2.05, 4.69) is 63.8 Å². The van der Waals surface area contributed by atoms with Crippen molar-refractivity contribution in [1.29, 1.82) is 0 Å². The van der Waals surface area contributed by atoms with Gasteiger partial charge < -0.3 is 83.6 Å². The average molecular weight is 1530 g/mol. The number of thioether (sulfide) groups is 2. The van der Waals surface area contributed by atoms with Crippen LogP contribution < -0.4 is 78.5 Å². The number of urea groups is 2. The molecule has 0 aromatic carbocycles. The molecule has 3 unspecified atom stereocenters. The number of hydrogen-bond acceptors (Lipinski definition) is 23. The van der Waals surface area contributed by atoms with E-state index in [0.717, 1.165) is 37.2 Å². The quantitative estimate of drug-likeness (QED) is 0.0210. The summed E-state index contributed by atoms with van der Waals surface area (Å²) in [5.74, 6) is -4.24. The van der Waals surface area contributed by atoms with Gasteiger partial charge in [-0.05, 0) is 89.9 Å². The van der Waals surface area contributed by atoms with E-state index >= 15 is 0 Å². The fourth-order valence-electron chi connectivity index (χ4n) is 13.6. The molecule has 15 N–H and O–H groups in total. The SMILES string of the molecule is O=C(CCCCC1SC[C@@H]2NC(=O)N[C@H]12)NCCCCCC(=O)NC(CC(=O)NCCS(=O)(=O)O)C(=O)NC1CCN(c2nc(N3CCC(NC(=O)C(CC(=O)NCCS(=O)(=O)O)NC(=O)CCCCCNC(=O)CCCC[C@H]4SC[C@H]5NC(=O)N[C@H]54)CC3)nc(N3CCC(C(=O)O)CC3)n2)CC1. The lowest BCUT2D eigenvalue weighted by Gasteiger charge is -2.36. The molecule has 1 aromatic heterocycles. The number of rotatable bonds is 42. The van der Waals surface area contributed by atoms with Crippen LogP contribution in [0.25, 0.3) is 0 Å². The van der Waals surface area contributed by atoms with E-state index < -0.39 is 129 Å². The zero-order valence-electron chi connectivity index (χ0n) is 58.0. The normalized spacial score (nSPS) is 22.1. The molecule has 576 valence electrons. The minimum absolute atomic E-state index is 0.0105. The third-order valence-corrected chi connectivity index (χ3v) is 23.8. The van der Waals surface area contributed by atoms with E-state index in [0.29, 0.717) is 183 Å². The summed E-state index contributed by atoms with van der Waals surface area (Å²) in [6, 6.07) is -3.33. The summed E-state index contributed by atoms with van der Waals surface area (Å²) >= 11 is 3.66. The molecule has 1 aromatic rings. The number of hydrogen-bond donors (Lipinski definition) is 15. The Morgan fingerprint density at radius 1 is 0.456 bits per heavy atom. The van der Waals surface area contributed by atoms with Crippen molar-refractivity contribution in [3.05, 3.63) is 0 Å². The van der Waals surface area contributed by atoms with Gasteiger partial charge in [-0.25, -0.2) is 9.59 Å². The summed E-state index contributed by atoms with van der Waals surface area (Å²) in [6.45, 7) is 1.98. The van der Waals surface area contributed by atoms with Gasteiger partial charge in [0, 0.05) is 125 Å². The minimum atomic E-state index is -4.41. The number of fused-ring (bicyclic) bond motifs is 2. The number of carboxylic acids is 1. The van der Waals surface area contributed by atoms with Gasteiger partial charge in [-0.2, -0.15) is 55.3 Å². The molecule has 0 saturated carbocycles. The first-order chi connectivity index (χ1) is 49.2. The largest absolute Gasteiger partial charge is 0.481 e. The number of piperidine rings is 3. The van der Waals surface area contributed by atoms with Crippen molar-refractivity contribution >= 4 is 127 Å². The number of unbranched alkanes of at least 4 members (excludes halogenated alkanes) is 6. The van der Waals surface area contributed by atoms with E-state index in [9.17, 15) is 83.8 Å². The summed E-state index contributed by atoms with van der Waals surface area (Å²) < 4.78 is 63.8. The van der Waals surface area contributed by atoms with Crippen molar-refractivity contribution in [3.8, 4) is 0 Å². The van der Waals surface area contributed by atoms with Gasteiger partial charge in [-0.1, -0.05) is 25.7 Å². The summed E-state index contributed by atoms with van der Waals surface area (Å²) in [5.41, 5.74) is 0. The Morgan fingerprint density at radius 3 is 1.17 bits per heavy atom. The van der Waals surface area contributed by atoms with Crippen molar-refractivity contribution < 1.29 is 83.8 Å². The Balaban J connectivity index is 0.793. The Kier molecular flexibility index (Phi) is 31.8. The number of anilines is 3. The lowest BCUT2D eigenvalue weighted by Crippen LogP contribution is -2.54. The van der Waals surface area contributed by atoms with Crippen molar-refractivity contribution in [2.24, 2.45) is 5.92 Å². The van der Waals surface area contributed by atoms with Crippen LogP contribution in [-0.2, 0) is 63.4 Å². The average Bonchev–Trinajstić information content (AvgIpc) is 1.64. The van der Waals surface area contributed by atoms with Crippen LogP contribution in [0, 0.1) is 5.92 Å². The van der Waals surface area contributed by atoms with Crippen LogP contribution in [0.15, 0.2) is 0 Å². The van der Waals surface area contributed by atoms with E-state index in [1.54, 1.807) is 0 Å². The highest BCUT2D eigenvalue weighted by molar-refractivity contribution is 8.00. The highest BCUT2D eigenvalue weighted by Crippen LogP contribution is 2.35. The highest BCUT2D eigenvalue weighted by atomic mass is 32.2. The predicted molar refractivity (Wildman–Crippen MR) is 382 cm³/mol. The summed E-state index contributed by atoms with van der Waals surface area (Å²) in [4.78, 5) is 161. The van der Waals surface area contributed by atoms with Crippen molar-refractivity contribution in [2.75, 3.05) is 103 Å². The molecule has 0 aliphatic carbocycles. The van der Waals surface area contributed by atoms with Crippen molar-refractivity contribution in [3.63, 3.8) is 0 Å². The number of aliphatic carboxylic acids is 1. The monoisotopic (exact) mass is 1530 g/mol. The van der Waals surface area contributed by atoms with Gasteiger partial charge >= 0.3 is 18.0 Å². The maximum absolute atomic E-state index is 14.0. The Bertz CT molecular complexity index is 3150. The number of nitrogens with one attached hydrogen (secondary N) is 12. The van der Waals surface area contributed by atoms with Gasteiger partial charge in [0.1, 0.15) is 12.1 Å². The van der Waals surface area contributed by atoms with Gasteiger partial charge in [0.25, 0.3) is 20.2 Å². The fraction of sp³-hybridized carbons (Fsp3) is 0.778. The molecule has 12 amide bonds. The molecule has 7 aliphatic heterocycles. The summed E-state index contributed by atoms with van der Waals surface area (Å²) in [5, 5.41) is 44.0. The van der Waals surface area contributed by atoms with Gasteiger partial charge in [-0.15, -0.1) is 0 Å². The lowest BCUT2D eigenvalue weighted by atomic mass is 9.97. The van der Waals surface area contributed by atoms with Crippen LogP contribution in [0.5, 0.6) is 0 Å². The number of carbonyl (C=O) groups excluding carboxylic acids is 10. The van der Waals surface area contributed by atoms with Crippen LogP contribution in [0.2, 0.25) is 0 Å². The molecule has 7 saturated heterocycles. The minimum Gasteiger partial charge on any atom is -0.481 e. The van der Waals surface area contributed by atoms with Crippen LogP contribution in [0.1, 0.15) is 154 Å². The first-order valence-electron chi connectivity index (χ1n) is 36.0. The van der Waals surface area contributed by atoms with Gasteiger partial charge in [0.2, 0.25) is 65.1 Å². The lowest BCUT2D eigenvalue weighted by molar-refractivity contribution is -0.142. The van der Waals surface area contributed by atoms with Gasteiger partial charge in [0.05, 0.1) is 54.4 Å². The van der Waals surface area contributed by atoms with Crippen LogP contribution in [-0.4, -0.2) is 259 Å². The molecule has 0 bridgehead atoms. The maximum atomic E-state index is 14.0. The predicted octanol–water partition coefficient (Wildman–Crippen LogP) is -1.09. The van der Waals surface area contributed by atoms with E-state index in [1.165, 1.54) is 0 Å². The van der Waals surface area contributed by atoms with Crippen molar-refractivity contribution in [1.82, 2.24) is 78.8 Å². The zero-order chi connectivity index (χ0) is 74.1. The number of amides is 12. The molecule has 36 nitrogen and oxygen atoms in total. The first-order valence-corrected chi connectivity index (χ1v) is 41.3. The van der Waals surface area contributed by atoms with Crippen LogP contribution >= 0.6 is 23.5 Å². The molecule has 8 rings (SSSR count). The number of aromatic nitrogens is 3. The second kappa shape index (κ2) is 40.3. The maximum Gasteiger partial charge on any atom is 0.315 e. The topological polar surface area (TPSA) is 509 Å². The Hall–Kier alpha value is -7.30. The molecule has 0 spiro atoms. The molecule has 0 radical (unpaired) electrons. The van der Waals surface area contributed by atoms with Gasteiger partial charge in [-0.3, -0.25) is 52.3 Å². The highest BCUT2D eigenvalue weighted by Gasteiger charge is 2.44.